The minimum atomic E-state index is -0.501. The summed E-state index contributed by atoms with van der Waals surface area (Å²) in [5.41, 5.74) is 0.343. The van der Waals surface area contributed by atoms with Gasteiger partial charge in [0.05, 0.1) is 10.7 Å². The van der Waals surface area contributed by atoms with Crippen LogP contribution in [0.5, 0.6) is 0 Å². The molecule has 1 amide bonds. The molecule has 0 unspecified atom stereocenters. The molecule has 0 saturated carbocycles. The number of nitrogens with one attached hydrogen (secondary N) is 1. The van der Waals surface area contributed by atoms with Crippen molar-refractivity contribution in [3.63, 3.8) is 0 Å². The lowest BCUT2D eigenvalue weighted by Gasteiger charge is -2.03. The van der Waals surface area contributed by atoms with Crippen LogP contribution >= 0.6 is 34.9 Å². The molecule has 116 valence electrons. The molecule has 7 nitrogen and oxygen atoms in total. The summed E-state index contributed by atoms with van der Waals surface area (Å²) in [7, 11) is 0. The molecule has 0 fully saturated rings. The number of benzene rings is 1. The average molecular weight is 356 g/mol. The quantitative estimate of drug-likeness (QED) is 0.462. The van der Waals surface area contributed by atoms with Crippen molar-refractivity contribution < 1.29 is 9.72 Å². The van der Waals surface area contributed by atoms with Crippen molar-refractivity contribution in [3.05, 3.63) is 34.4 Å². The van der Waals surface area contributed by atoms with Gasteiger partial charge in [0.2, 0.25) is 5.91 Å². The lowest BCUT2D eigenvalue weighted by atomic mass is 10.3. The van der Waals surface area contributed by atoms with Crippen LogP contribution in [-0.4, -0.2) is 32.5 Å². The number of non-ortho nitro benzene ring substituents is 1. The molecule has 0 aliphatic heterocycles. The van der Waals surface area contributed by atoms with Gasteiger partial charge < -0.3 is 5.32 Å². The van der Waals surface area contributed by atoms with E-state index in [0.717, 1.165) is 14.4 Å². The number of rotatable bonds is 7. The fourth-order valence-corrected chi connectivity index (χ4v) is 4.18. The molecule has 2 aromatic rings. The second kappa shape index (κ2) is 8.11. The number of hydrogen-bond donors (Lipinski definition) is 1. The molecule has 1 aromatic heterocycles. The van der Waals surface area contributed by atoms with E-state index >= 15 is 0 Å². The Morgan fingerprint density at radius 3 is 2.77 bits per heavy atom. The largest absolute Gasteiger partial charge is 0.325 e. The highest BCUT2D eigenvalue weighted by molar-refractivity contribution is 8.03. The second-order valence-corrected chi connectivity index (χ2v) is 7.62. The molecule has 10 heteroatoms. The molecule has 1 aromatic carbocycles. The Hall–Kier alpha value is -1.65. The fourth-order valence-electron chi connectivity index (χ4n) is 1.46. The molecular weight excluding hydrogens is 344 g/mol. The van der Waals surface area contributed by atoms with E-state index in [2.05, 4.69) is 15.5 Å². The summed E-state index contributed by atoms with van der Waals surface area (Å²) in [4.78, 5) is 22.0. The highest BCUT2D eigenvalue weighted by Crippen LogP contribution is 2.28. The summed E-state index contributed by atoms with van der Waals surface area (Å²) < 4.78 is 1.61. The van der Waals surface area contributed by atoms with Gasteiger partial charge in [0.25, 0.3) is 5.69 Å². The Morgan fingerprint density at radius 1 is 1.36 bits per heavy atom. The third kappa shape index (κ3) is 4.97. The molecular formula is C12H12N4O3S3. The lowest BCUT2D eigenvalue weighted by Crippen LogP contribution is -2.14. The van der Waals surface area contributed by atoms with E-state index in [1.54, 1.807) is 17.8 Å². The van der Waals surface area contributed by atoms with Crippen LogP contribution in [0.15, 0.2) is 32.9 Å². The Kier molecular flexibility index (Phi) is 6.16. The van der Waals surface area contributed by atoms with Crippen LogP contribution in [0.2, 0.25) is 0 Å². The number of amides is 1. The highest BCUT2D eigenvalue weighted by atomic mass is 32.2. The van der Waals surface area contributed by atoms with Gasteiger partial charge in [-0.3, -0.25) is 14.9 Å². The normalized spacial score (nSPS) is 10.4. The van der Waals surface area contributed by atoms with Crippen molar-refractivity contribution in [3.8, 4) is 0 Å². The van der Waals surface area contributed by atoms with Crippen LogP contribution in [0.1, 0.15) is 6.92 Å². The van der Waals surface area contributed by atoms with Crippen molar-refractivity contribution >= 4 is 52.1 Å². The average Bonchev–Trinajstić information content (AvgIpc) is 2.93. The van der Waals surface area contributed by atoms with Crippen molar-refractivity contribution in [2.45, 2.75) is 15.6 Å². The molecule has 0 aliphatic carbocycles. The molecule has 1 N–H and O–H groups in total. The van der Waals surface area contributed by atoms with Gasteiger partial charge in [-0.05, 0) is 11.8 Å². The number of nitro benzene ring substituents is 1. The zero-order chi connectivity index (χ0) is 15.9. The number of carbonyl (C=O) groups excluding carboxylic acids is 1. The van der Waals surface area contributed by atoms with E-state index in [1.807, 2.05) is 6.92 Å². The number of nitrogens with zero attached hydrogens (tertiary/aromatic N) is 3. The fraction of sp³-hybridized carbons (Fsp3) is 0.250. The van der Waals surface area contributed by atoms with Crippen LogP contribution < -0.4 is 5.32 Å². The third-order valence-electron chi connectivity index (χ3n) is 2.32. The van der Waals surface area contributed by atoms with E-state index in [0.29, 0.717) is 5.69 Å². The summed E-state index contributed by atoms with van der Waals surface area (Å²) in [6.45, 7) is 2.03. The number of hydrogen-bond acceptors (Lipinski definition) is 8. The molecule has 0 saturated heterocycles. The molecule has 2 rings (SSSR count). The van der Waals surface area contributed by atoms with E-state index in [-0.39, 0.29) is 17.3 Å². The van der Waals surface area contributed by atoms with Gasteiger partial charge in [-0.15, -0.1) is 10.2 Å². The third-order valence-corrected chi connectivity index (χ3v) is 5.40. The van der Waals surface area contributed by atoms with E-state index in [1.165, 1.54) is 41.3 Å². The lowest BCUT2D eigenvalue weighted by molar-refractivity contribution is -0.384. The van der Waals surface area contributed by atoms with Gasteiger partial charge in [-0.2, -0.15) is 0 Å². The van der Waals surface area contributed by atoms with Gasteiger partial charge >= 0.3 is 0 Å². The van der Waals surface area contributed by atoms with E-state index in [9.17, 15) is 14.9 Å². The first-order valence-corrected chi connectivity index (χ1v) is 9.00. The van der Waals surface area contributed by atoms with Gasteiger partial charge in [-0.25, -0.2) is 0 Å². The topological polar surface area (TPSA) is 98.0 Å². The summed E-state index contributed by atoms with van der Waals surface area (Å²) in [5, 5.41) is 21.3. The van der Waals surface area contributed by atoms with Gasteiger partial charge in [0.1, 0.15) is 0 Å². The molecule has 0 atom stereocenters. The minimum Gasteiger partial charge on any atom is -0.325 e. The maximum absolute atomic E-state index is 11.8. The number of nitro groups is 1. The first-order chi connectivity index (χ1) is 10.6. The molecule has 1 heterocycles. The first-order valence-electron chi connectivity index (χ1n) is 6.22. The zero-order valence-corrected chi connectivity index (χ0v) is 14.0. The Bertz CT molecular complexity index is 677. The van der Waals surface area contributed by atoms with Gasteiger partial charge in [0, 0.05) is 17.8 Å². The smallest absolute Gasteiger partial charge is 0.271 e. The monoisotopic (exact) mass is 356 g/mol. The summed E-state index contributed by atoms with van der Waals surface area (Å²) in [6, 6.07) is 5.83. The second-order valence-electron chi connectivity index (χ2n) is 3.91. The minimum absolute atomic E-state index is 0.0594. The zero-order valence-electron chi connectivity index (χ0n) is 11.5. The standard InChI is InChI=1S/C12H12N4O3S3/c1-2-20-11-14-15-12(22-11)21-7-10(17)13-8-4-3-5-9(6-8)16(18)19/h3-6H,2,7H2,1H3,(H,13,17). The van der Waals surface area contributed by atoms with Crippen LogP contribution in [0.4, 0.5) is 11.4 Å². The summed E-state index contributed by atoms with van der Waals surface area (Å²) in [5.74, 6) is 0.853. The maximum atomic E-state index is 11.8. The van der Waals surface area contributed by atoms with E-state index < -0.39 is 4.92 Å². The number of thioether (sulfide) groups is 2. The summed E-state index contributed by atoms with van der Waals surface area (Å²) >= 11 is 4.34. The SMILES string of the molecule is CCSc1nnc(SCC(=O)Nc2cccc([N+](=O)[O-])c2)s1. The Morgan fingerprint density at radius 2 is 2.09 bits per heavy atom. The maximum Gasteiger partial charge on any atom is 0.271 e. The first kappa shape index (κ1) is 16.7. The molecule has 0 bridgehead atoms. The highest BCUT2D eigenvalue weighted by Gasteiger charge is 2.10. The van der Waals surface area contributed by atoms with Crippen LogP contribution in [-0.2, 0) is 4.79 Å². The van der Waals surface area contributed by atoms with Crippen molar-refractivity contribution in [2.75, 3.05) is 16.8 Å². The van der Waals surface area contributed by atoms with Crippen molar-refractivity contribution in [1.29, 1.82) is 0 Å². The number of aromatic nitrogens is 2. The predicted octanol–water partition coefficient (Wildman–Crippen LogP) is 3.29. The molecule has 0 spiro atoms. The molecule has 0 radical (unpaired) electrons. The predicted molar refractivity (Wildman–Crippen MR) is 88.8 cm³/mol. The van der Waals surface area contributed by atoms with Crippen molar-refractivity contribution in [1.82, 2.24) is 10.2 Å². The van der Waals surface area contributed by atoms with Crippen LogP contribution in [0.3, 0.4) is 0 Å². The number of anilines is 1. The molecule has 22 heavy (non-hydrogen) atoms. The van der Waals surface area contributed by atoms with Crippen LogP contribution in [0.25, 0.3) is 0 Å². The summed E-state index contributed by atoms with van der Waals surface area (Å²) in [6.07, 6.45) is 0. The Labute approximate surface area is 139 Å². The van der Waals surface area contributed by atoms with E-state index in [4.69, 9.17) is 0 Å². The van der Waals surface area contributed by atoms with Crippen LogP contribution in [0, 0.1) is 10.1 Å². The van der Waals surface area contributed by atoms with Crippen molar-refractivity contribution in [2.24, 2.45) is 0 Å². The number of carbonyl (C=O) groups is 1. The Balaban J connectivity index is 1.87. The van der Waals surface area contributed by atoms with Gasteiger partial charge in [0.15, 0.2) is 8.68 Å². The van der Waals surface area contributed by atoms with Gasteiger partial charge in [-0.1, -0.05) is 47.9 Å². The molecule has 0 aliphatic rings.